The van der Waals surface area contributed by atoms with Crippen LogP contribution in [-0.2, 0) is 22.4 Å². The molecule has 5 heteroatoms. The van der Waals surface area contributed by atoms with Gasteiger partial charge in [-0.1, -0.05) is 30.3 Å². The summed E-state index contributed by atoms with van der Waals surface area (Å²) in [5.41, 5.74) is 3.07. The highest BCUT2D eigenvalue weighted by Gasteiger charge is 2.45. The summed E-state index contributed by atoms with van der Waals surface area (Å²) < 4.78 is 10.7. The van der Waals surface area contributed by atoms with Gasteiger partial charge in [0.15, 0.2) is 0 Å². The lowest BCUT2D eigenvalue weighted by molar-refractivity contribution is -0.145. The first-order valence-corrected chi connectivity index (χ1v) is 10.9. The van der Waals surface area contributed by atoms with Crippen molar-refractivity contribution in [3.05, 3.63) is 65.2 Å². The van der Waals surface area contributed by atoms with E-state index in [1.165, 1.54) is 5.56 Å². The Morgan fingerprint density at radius 1 is 1.17 bits per heavy atom. The summed E-state index contributed by atoms with van der Waals surface area (Å²) in [6.45, 7) is 4.18. The molecule has 2 atom stereocenters. The highest BCUT2D eigenvalue weighted by molar-refractivity contribution is 5.94. The van der Waals surface area contributed by atoms with E-state index in [0.29, 0.717) is 31.9 Å². The summed E-state index contributed by atoms with van der Waals surface area (Å²) >= 11 is 0. The van der Waals surface area contributed by atoms with Gasteiger partial charge in [-0.25, -0.2) is 0 Å². The van der Waals surface area contributed by atoms with Crippen molar-refractivity contribution in [3.63, 3.8) is 0 Å². The Morgan fingerprint density at radius 2 is 2.00 bits per heavy atom. The molecule has 0 spiro atoms. The molecule has 0 aromatic heterocycles. The minimum atomic E-state index is -0.131. The van der Waals surface area contributed by atoms with E-state index in [-0.39, 0.29) is 23.7 Å². The van der Waals surface area contributed by atoms with Crippen molar-refractivity contribution >= 4 is 11.9 Å². The molecule has 1 fully saturated rings. The van der Waals surface area contributed by atoms with Gasteiger partial charge >= 0.3 is 5.97 Å². The zero-order valence-corrected chi connectivity index (χ0v) is 17.5. The maximum Gasteiger partial charge on any atom is 0.309 e. The SMILES string of the molecule is CCOC(=O)[C@@H]1C[C@H]1CN(CCCc1ccccc1)C(=O)c1ccc2c(c1)CCO2. The third-order valence-electron chi connectivity index (χ3n) is 5.93. The van der Waals surface area contributed by atoms with Gasteiger partial charge in [-0.2, -0.15) is 0 Å². The molecule has 1 saturated carbocycles. The molecule has 1 aliphatic heterocycles. The minimum Gasteiger partial charge on any atom is -0.493 e. The fraction of sp³-hybridized carbons (Fsp3) is 0.440. The van der Waals surface area contributed by atoms with Crippen molar-refractivity contribution in [1.82, 2.24) is 4.90 Å². The monoisotopic (exact) mass is 407 g/mol. The number of aryl methyl sites for hydroxylation is 1. The Hall–Kier alpha value is -2.82. The van der Waals surface area contributed by atoms with Crippen LogP contribution in [0.1, 0.15) is 41.3 Å². The van der Waals surface area contributed by atoms with E-state index in [4.69, 9.17) is 9.47 Å². The van der Waals surface area contributed by atoms with Crippen LogP contribution >= 0.6 is 0 Å². The maximum absolute atomic E-state index is 13.3. The van der Waals surface area contributed by atoms with E-state index < -0.39 is 0 Å². The van der Waals surface area contributed by atoms with Crippen LogP contribution < -0.4 is 4.74 Å². The fourth-order valence-electron chi connectivity index (χ4n) is 4.17. The van der Waals surface area contributed by atoms with Crippen molar-refractivity contribution in [1.29, 1.82) is 0 Å². The molecule has 5 nitrogen and oxygen atoms in total. The van der Waals surface area contributed by atoms with Gasteiger partial charge in [-0.15, -0.1) is 0 Å². The van der Waals surface area contributed by atoms with Crippen molar-refractivity contribution in [2.75, 3.05) is 26.3 Å². The number of carbonyl (C=O) groups is 2. The molecular weight excluding hydrogens is 378 g/mol. The maximum atomic E-state index is 13.3. The van der Waals surface area contributed by atoms with Gasteiger partial charge in [0.05, 0.1) is 19.1 Å². The predicted octanol–water partition coefficient (Wildman–Crippen LogP) is 3.90. The quantitative estimate of drug-likeness (QED) is 0.592. The van der Waals surface area contributed by atoms with Crippen LogP contribution in [0.4, 0.5) is 0 Å². The van der Waals surface area contributed by atoms with Crippen LogP contribution in [0.5, 0.6) is 5.75 Å². The number of carbonyl (C=O) groups excluding carboxylic acids is 2. The number of benzene rings is 2. The Morgan fingerprint density at radius 3 is 2.80 bits per heavy atom. The van der Waals surface area contributed by atoms with Gasteiger partial charge in [-0.05, 0) is 61.4 Å². The molecule has 0 saturated heterocycles. The van der Waals surface area contributed by atoms with Crippen molar-refractivity contribution in [3.8, 4) is 5.75 Å². The van der Waals surface area contributed by atoms with E-state index in [1.807, 2.05) is 48.2 Å². The lowest BCUT2D eigenvalue weighted by atomic mass is 10.1. The molecule has 2 aromatic carbocycles. The number of fused-ring (bicyclic) bond motifs is 1. The zero-order valence-electron chi connectivity index (χ0n) is 17.5. The summed E-state index contributed by atoms with van der Waals surface area (Å²) in [6, 6.07) is 16.0. The first-order chi connectivity index (χ1) is 14.7. The number of amides is 1. The van der Waals surface area contributed by atoms with Gasteiger partial charge in [0.1, 0.15) is 5.75 Å². The van der Waals surface area contributed by atoms with Crippen LogP contribution in [0.25, 0.3) is 0 Å². The van der Waals surface area contributed by atoms with Gasteiger partial charge in [0.2, 0.25) is 0 Å². The highest BCUT2D eigenvalue weighted by atomic mass is 16.5. The lowest BCUT2D eigenvalue weighted by Gasteiger charge is -2.23. The van der Waals surface area contributed by atoms with E-state index >= 15 is 0 Å². The lowest BCUT2D eigenvalue weighted by Crippen LogP contribution is -2.34. The molecule has 0 bridgehead atoms. The summed E-state index contributed by atoms with van der Waals surface area (Å²) in [6.07, 6.45) is 3.46. The number of rotatable bonds is 9. The normalized spacial score (nSPS) is 19.0. The standard InChI is InChI=1S/C25H29NO4/c1-2-29-25(28)22-16-21(22)17-26(13-6-9-18-7-4-3-5-8-18)24(27)20-10-11-23-19(15-20)12-14-30-23/h3-5,7-8,10-11,15,21-22H,2,6,9,12-14,16-17H2,1H3/t21-,22+/m0/s1. The predicted molar refractivity (Wildman–Crippen MR) is 115 cm³/mol. The summed E-state index contributed by atoms with van der Waals surface area (Å²) in [5, 5.41) is 0. The summed E-state index contributed by atoms with van der Waals surface area (Å²) in [7, 11) is 0. The number of hydrogen-bond donors (Lipinski definition) is 0. The average molecular weight is 408 g/mol. The first kappa shape index (κ1) is 20.5. The number of hydrogen-bond acceptors (Lipinski definition) is 4. The second kappa shape index (κ2) is 9.33. The minimum absolute atomic E-state index is 0.0345. The molecule has 1 heterocycles. The topological polar surface area (TPSA) is 55.8 Å². The number of esters is 1. The molecule has 0 radical (unpaired) electrons. The van der Waals surface area contributed by atoms with Gasteiger partial charge in [0, 0.05) is 25.1 Å². The molecule has 1 amide bonds. The van der Waals surface area contributed by atoms with Crippen LogP contribution in [0, 0.1) is 11.8 Å². The van der Waals surface area contributed by atoms with E-state index in [9.17, 15) is 9.59 Å². The second-order valence-corrected chi connectivity index (χ2v) is 8.12. The average Bonchev–Trinajstić information content (AvgIpc) is 3.38. The Bertz CT molecular complexity index is 895. The van der Waals surface area contributed by atoms with Crippen molar-refractivity contribution in [2.45, 2.75) is 32.6 Å². The number of nitrogens with zero attached hydrogens (tertiary/aromatic N) is 1. The largest absolute Gasteiger partial charge is 0.493 e. The molecule has 0 unspecified atom stereocenters. The van der Waals surface area contributed by atoms with Gasteiger partial charge in [0.25, 0.3) is 5.91 Å². The van der Waals surface area contributed by atoms with Crippen LogP contribution in [0.3, 0.4) is 0 Å². The molecule has 158 valence electrons. The van der Waals surface area contributed by atoms with Crippen LogP contribution in [0.15, 0.2) is 48.5 Å². The van der Waals surface area contributed by atoms with Crippen molar-refractivity contribution < 1.29 is 19.1 Å². The smallest absolute Gasteiger partial charge is 0.309 e. The van der Waals surface area contributed by atoms with Crippen LogP contribution in [0.2, 0.25) is 0 Å². The first-order valence-electron chi connectivity index (χ1n) is 10.9. The molecule has 2 aliphatic rings. The summed E-state index contributed by atoms with van der Waals surface area (Å²) in [5.74, 6) is 0.915. The Balaban J connectivity index is 1.42. The third-order valence-corrected chi connectivity index (χ3v) is 5.93. The van der Waals surface area contributed by atoms with E-state index in [1.54, 1.807) is 0 Å². The Labute approximate surface area is 178 Å². The van der Waals surface area contributed by atoms with E-state index in [2.05, 4.69) is 12.1 Å². The zero-order chi connectivity index (χ0) is 20.9. The molecular formula is C25H29NO4. The Kier molecular flexibility index (Phi) is 6.36. The van der Waals surface area contributed by atoms with Gasteiger partial charge in [-0.3, -0.25) is 9.59 Å². The third kappa shape index (κ3) is 4.84. The number of ether oxygens (including phenoxy) is 2. The molecule has 4 rings (SSSR count). The second-order valence-electron chi connectivity index (χ2n) is 8.12. The molecule has 30 heavy (non-hydrogen) atoms. The van der Waals surface area contributed by atoms with Crippen molar-refractivity contribution in [2.24, 2.45) is 11.8 Å². The molecule has 0 N–H and O–H groups in total. The highest BCUT2D eigenvalue weighted by Crippen LogP contribution is 2.40. The van der Waals surface area contributed by atoms with Gasteiger partial charge < -0.3 is 14.4 Å². The van der Waals surface area contributed by atoms with Crippen LogP contribution in [-0.4, -0.2) is 43.1 Å². The van der Waals surface area contributed by atoms with E-state index in [0.717, 1.165) is 37.0 Å². The molecule has 1 aliphatic carbocycles. The molecule has 2 aromatic rings. The summed E-state index contributed by atoms with van der Waals surface area (Å²) in [4.78, 5) is 27.3. The fourth-order valence-corrected chi connectivity index (χ4v) is 4.17.